The molecule has 0 saturated heterocycles. The Hall–Kier alpha value is -2.59. The Bertz CT molecular complexity index is 514. The van der Waals surface area contributed by atoms with E-state index >= 15 is 0 Å². The van der Waals surface area contributed by atoms with Gasteiger partial charge in [-0.25, -0.2) is 4.79 Å². The summed E-state index contributed by atoms with van der Waals surface area (Å²) in [6.45, 7) is 0. The van der Waals surface area contributed by atoms with Gasteiger partial charge < -0.3 is 9.53 Å². The fourth-order valence-electron chi connectivity index (χ4n) is 1.29. The van der Waals surface area contributed by atoms with Crippen LogP contribution in [0.2, 0.25) is 0 Å². The van der Waals surface area contributed by atoms with Gasteiger partial charge in [-0.1, -0.05) is 29.4 Å². The maximum absolute atomic E-state index is 11.3. The first-order valence-corrected chi connectivity index (χ1v) is 5.09. The van der Waals surface area contributed by atoms with Gasteiger partial charge in [-0.05, 0) is 22.7 Å². The lowest BCUT2D eigenvalue weighted by atomic mass is 10.1. The van der Waals surface area contributed by atoms with Gasteiger partial charge >= 0.3 is 5.97 Å². The normalized spacial score (nSPS) is 10.4. The van der Waals surface area contributed by atoms with Crippen molar-refractivity contribution in [3.05, 3.63) is 51.5 Å². The number of nitrogens with zero attached hydrogens (tertiary/aromatic N) is 3. The molecule has 0 aliphatic rings. The summed E-state index contributed by atoms with van der Waals surface area (Å²) in [6, 6.07) is 6.94. The van der Waals surface area contributed by atoms with Gasteiger partial charge in [0.05, 0.1) is 7.11 Å². The molecule has 0 aliphatic carbocycles. The van der Waals surface area contributed by atoms with Crippen LogP contribution in [0.3, 0.4) is 0 Å². The minimum absolute atomic E-state index is 0.122. The fraction of sp³-hybridized carbons (Fsp3) is 0.167. The number of carbonyl (C=O) groups is 2. The summed E-state index contributed by atoms with van der Waals surface area (Å²) in [6.07, 6.45) is 2.56. The number of methoxy groups -OCH3 is 1. The molecule has 18 heavy (non-hydrogen) atoms. The molecule has 1 rings (SSSR count). The molecule has 1 aromatic rings. The zero-order valence-corrected chi connectivity index (χ0v) is 9.74. The Morgan fingerprint density at radius 1 is 1.44 bits per heavy atom. The van der Waals surface area contributed by atoms with E-state index in [2.05, 4.69) is 14.8 Å². The number of ether oxygens (including phenoxy) is 1. The van der Waals surface area contributed by atoms with Crippen LogP contribution in [0.1, 0.15) is 11.1 Å². The molecule has 1 aromatic carbocycles. The molecule has 0 N–H and O–H groups in total. The van der Waals surface area contributed by atoms with Crippen molar-refractivity contribution in [1.29, 1.82) is 0 Å². The summed E-state index contributed by atoms with van der Waals surface area (Å²) in [4.78, 5) is 24.2. The Labute approximate surface area is 104 Å². The molecule has 0 saturated carbocycles. The average molecular weight is 245 g/mol. The molecule has 92 valence electrons. The highest BCUT2D eigenvalue weighted by Gasteiger charge is 2.06. The second-order valence-corrected chi connectivity index (χ2v) is 3.32. The van der Waals surface area contributed by atoms with E-state index in [1.807, 2.05) is 0 Å². The quantitative estimate of drug-likeness (QED) is 0.199. The third-order valence-electron chi connectivity index (χ3n) is 2.15. The smallest absolute Gasteiger partial charge is 0.340 e. The van der Waals surface area contributed by atoms with Crippen LogP contribution >= 0.6 is 0 Å². The van der Waals surface area contributed by atoms with Crippen LogP contribution in [0.25, 0.3) is 16.5 Å². The molecule has 0 bridgehead atoms. The summed E-state index contributed by atoms with van der Waals surface area (Å²) < 4.78 is 4.48. The molecule has 0 aliphatic heterocycles. The van der Waals surface area contributed by atoms with Crippen molar-refractivity contribution < 1.29 is 14.3 Å². The van der Waals surface area contributed by atoms with E-state index < -0.39 is 5.97 Å². The molecule has 0 spiro atoms. The fourth-order valence-corrected chi connectivity index (χ4v) is 1.29. The van der Waals surface area contributed by atoms with Crippen LogP contribution in [0.5, 0.6) is 0 Å². The van der Waals surface area contributed by atoms with Crippen LogP contribution in [0.4, 0.5) is 0 Å². The lowest BCUT2D eigenvalue weighted by Gasteiger charge is -2.00. The highest BCUT2D eigenvalue weighted by Crippen LogP contribution is 2.11. The standard InChI is InChI=1S/C12H11N3O3/c1-18-12(17)11(14-15-13)8-10-4-2-9(3-5-10)6-7-16/h2-5,7-8H,6H2,1H3. The second-order valence-electron chi connectivity index (χ2n) is 3.32. The van der Waals surface area contributed by atoms with E-state index in [4.69, 9.17) is 5.53 Å². The Morgan fingerprint density at radius 3 is 2.61 bits per heavy atom. The number of hydrogen-bond acceptors (Lipinski definition) is 4. The van der Waals surface area contributed by atoms with Crippen LogP contribution in [0.15, 0.2) is 35.1 Å². The molecule has 6 nitrogen and oxygen atoms in total. The van der Waals surface area contributed by atoms with E-state index in [9.17, 15) is 9.59 Å². The summed E-state index contributed by atoms with van der Waals surface area (Å²) >= 11 is 0. The van der Waals surface area contributed by atoms with Crippen molar-refractivity contribution in [2.75, 3.05) is 7.11 Å². The van der Waals surface area contributed by atoms with Gasteiger partial charge in [-0.3, -0.25) is 0 Å². The van der Waals surface area contributed by atoms with Gasteiger partial charge in [0, 0.05) is 11.3 Å². The molecule has 0 atom stereocenters. The third kappa shape index (κ3) is 3.77. The minimum atomic E-state index is -0.704. The maximum atomic E-state index is 11.3. The van der Waals surface area contributed by atoms with Crippen LogP contribution in [-0.2, 0) is 20.7 Å². The molecule has 0 heterocycles. The second kappa shape index (κ2) is 6.88. The monoisotopic (exact) mass is 245 g/mol. The number of esters is 1. The molecule has 0 amide bonds. The van der Waals surface area contributed by atoms with Gasteiger partial charge in [-0.2, -0.15) is 0 Å². The van der Waals surface area contributed by atoms with Gasteiger partial charge in [-0.15, -0.1) is 0 Å². The Morgan fingerprint density at radius 2 is 2.11 bits per heavy atom. The Kier molecular flexibility index (Phi) is 5.15. The van der Waals surface area contributed by atoms with Crippen LogP contribution < -0.4 is 0 Å². The van der Waals surface area contributed by atoms with Gasteiger partial charge in [0.2, 0.25) is 0 Å². The first-order valence-electron chi connectivity index (χ1n) is 5.09. The molecule has 6 heteroatoms. The lowest BCUT2D eigenvalue weighted by molar-refractivity contribution is -0.136. The zero-order chi connectivity index (χ0) is 13.4. The van der Waals surface area contributed by atoms with E-state index in [1.165, 1.54) is 13.2 Å². The SMILES string of the molecule is COC(=O)C(=Cc1ccc(CC=O)cc1)N=[N+]=[N-]. The maximum Gasteiger partial charge on any atom is 0.340 e. The van der Waals surface area contributed by atoms with Crippen molar-refractivity contribution in [1.82, 2.24) is 0 Å². The molecule has 0 fully saturated rings. The van der Waals surface area contributed by atoms with Crippen LogP contribution in [0, 0.1) is 0 Å². The highest BCUT2D eigenvalue weighted by atomic mass is 16.5. The van der Waals surface area contributed by atoms with Crippen molar-refractivity contribution >= 4 is 18.3 Å². The summed E-state index contributed by atoms with van der Waals surface area (Å²) in [5.74, 6) is -0.704. The van der Waals surface area contributed by atoms with Gasteiger partial charge in [0.15, 0.2) is 0 Å². The predicted molar refractivity (Wildman–Crippen MR) is 65.3 cm³/mol. The average Bonchev–Trinajstić information content (AvgIpc) is 2.40. The molecule has 0 aromatic heterocycles. The number of rotatable bonds is 5. The summed E-state index contributed by atoms with van der Waals surface area (Å²) in [5.41, 5.74) is 9.77. The number of hydrogen-bond donors (Lipinski definition) is 0. The zero-order valence-electron chi connectivity index (χ0n) is 9.74. The van der Waals surface area contributed by atoms with Crippen molar-refractivity contribution in [2.45, 2.75) is 6.42 Å². The van der Waals surface area contributed by atoms with Gasteiger partial charge in [0.25, 0.3) is 0 Å². The molecular formula is C12H11N3O3. The largest absolute Gasteiger partial charge is 0.466 e. The number of benzene rings is 1. The predicted octanol–water partition coefficient (Wildman–Crippen LogP) is 2.25. The number of azide groups is 1. The Balaban J connectivity index is 3.00. The highest BCUT2D eigenvalue weighted by molar-refractivity contribution is 5.93. The van der Waals surface area contributed by atoms with Crippen molar-refractivity contribution in [3.63, 3.8) is 0 Å². The first kappa shape index (κ1) is 13.5. The molecule has 0 unspecified atom stereocenters. The summed E-state index contributed by atoms with van der Waals surface area (Å²) in [7, 11) is 1.20. The number of carbonyl (C=O) groups excluding carboxylic acids is 2. The third-order valence-corrected chi connectivity index (χ3v) is 2.15. The van der Waals surface area contributed by atoms with Gasteiger partial charge in [0.1, 0.15) is 12.0 Å². The van der Waals surface area contributed by atoms with E-state index in [1.54, 1.807) is 24.3 Å². The molecule has 0 radical (unpaired) electrons. The molecular weight excluding hydrogens is 234 g/mol. The first-order chi connectivity index (χ1) is 8.71. The lowest BCUT2D eigenvalue weighted by Crippen LogP contribution is -2.01. The van der Waals surface area contributed by atoms with E-state index in [-0.39, 0.29) is 5.70 Å². The topological polar surface area (TPSA) is 92.1 Å². The summed E-state index contributed by atoms with van der Waals surface area (Å²) in [5, 5.41) is 3.26. The van der Waals surface area contributed by atoms with Crippen LogP contribution in [-0.4, -0.2) is 19.4 Å². The van der Waals surface area contributed by atoms with Crippen molar-refractivity contribution in [3.8, 4) is 0 Å². The van der Waals surface area contributed by atoms with Crippen molar-refractivity contribution in [2.24, 2.45) is 5.11 Å². The number of aldehydes is 1. The van der Waals surface area contributed by atoms with E-state index in [0.717, 1.165) is 11.8 Å². The minimum Gasteiger partial charge on any atom is -0.466 e. The van der Waals surface area contributed by atoms with E-state index in [0.29, 0.717) is 12.0 Å².